The first-order chi connectivity index (χ1) is 6.35. The minimum absolute atomic E-state index is 1.09. The van der Waals surface area contributed by atoms with Crippen LogP contribution in [0, 0.1) is 12.8 Å². The van der Waals surface area contributed by atoms with E-state index in [0.29, 0.717) is 0 Å². The van der Waals surface area contributed by atoms with Crippen LogP contribution < -0.4 is 0 Å². The van der Waals surface area contributed by atoms with Gasteiger partial charge >= 0.3 is 0 Å². The maximum atomic E-state index is 3.84. The fourth-order valence-electron chi connectivity index (χ4n) is 1.35. The molecule has 0 unspecified atom stereocenters. The maximum Gasteiger partial charge on any atom is -0.00328 e. The Morgan fingerprint density at radius 2 is 1.77 bits per heavy atom. The Bertz CT molecular complexity index is 109. The van der Waals surface area contributed by atoms with E-state index in [1.165, 1.54) is 38.5 Å². The number of allylic oxidation sites excluding steroid dienone is 2. The van der Waals surface area contributed by atoms with E-state index in [2.05, 4.69) is 32.9 Å². The van der Waals surface area contributed by atoms with Gasteiger partial charge in [-0.2, -0.15) is 0 Å². The minimum atomic E-state index is 1.09. The van der Waals surface area contributed by atoms with Crippen molar-refractivity contribution < 1.29 is 0 Å². The second-order valence-electron chi connectivity index (χ2n) is 3.47. The summed E-state index contributed by atoms with van der Waals surface area (Å²) in [7, 11) is 0. The summed E-state index contributed by atoms with van der Waals surface area (Å²) in [5.41, 5.74) is 0. The monoisotopic (exact) mass is 180 g/mol. The highest BCUT2D eigenvalue weighted by atomic mass is 14.0. The fraction of sp³-hybridized carbons (Fsp3) is 0.692. The molecule has 13 heavy (non-hydrogen) atoms. The number of rotatable bonds is 8. The number of hydrogen-bond acceptors (Lipinski definition) is 0. The van der Waals surface area contributed by atoms with Crippen molar-refractivity contribution in [2.45, 2.75) is 58.8 Å². The Balaban J connectivity index is 3.28. The molecule has 0 aromatic carbocycles. The highest BCUT2D eigenvalue weighted by Crippen LogP contribution is 2.12. The number of unbranched alkanes of at least 4 members (excludes halogenated alkanes) is 4. The standard InChI is InChI=1S/C13H24/c1-4-7-8-9-10-11-12-13(5-2)6-3/h11-12H,1,4-10H2,2-3H3. The highest BCUT2D eigenvalue weighted by Gasteiger charge is 1.96. The van der Waals surface area contributed by atoms with Crippen molar-refractivity contribution in [2.75, 3.05) is 0 Å². The summed E-state index contributed by atoms with van der Waals surface area (Å²) in [6, 6.07) is 0. The largest absolute Gasteiger partial charge is 0.0879 e. The van der Waals surface area contributed by atoms with Crippen LogP contribution in [0.1, 0.15) is 58.8 Å². The molecule has 0 nitrogen and oxygen atoms in total. The van der Waals surface area contributed by atoms with Crippen molar-refractivity contribution in [1.82, 2.24) is 0 Å². The molecule has 0 fully saturated rings. The highest BCUT2D eigenvalue weighted by molar-refractivity contribution is 5.08. The smallest absolute Gasteiger partial charge is 0.00328 e. The van der Waals surface area contributed by atoms with Crippen LogP contribution in [0.2, 0.25) is 0 Å². The summed E-state index contributed by atoms with van der Waals surface area (Å²) in [6.45, 7) is 8.29. The summed E-state index contributed by atoms with van der Waals surface area (Å²) in [5, 5.41) is 0. The van der Waals surface area contributed by atoms with Crippen LogP contribution in [0.4, 0.5) is 0 Å². The Kier molecular flexibility index (Phi) is 9.63. The molecule has 0 rings (SSSR count). The molecule has 0 saturated heterocycles. The quantitative estimate of drug-likeness (QED) is 0.474. The van der Waals surface area contributed by atoms with Gasteiger partial charge in [0.25, 0.3) is 0 Å². The second-order valence-corrected chi connectivity index (χ2v) is 3.47. The van der Waals surface area contributed by atoms with Gasteiger partial charge in [0.05, 0.1) is 0 Å². The Labute approximate surface area is 84.4 Å². The van der Waals surface area contributed by atoms with E-state index >= 15 is 0 Å². The average Bonchev–Trinajstić information content (AvgIpc) is 2.17. The first-order valence-corrected chi connectivity index (χ1v) is 5.65. The van der Waals surface area contributed by atoms with Gasteiger partial charge in [-0.3, -0.25) is 0 Å². The summed E-state index contributed by atoms with van der Waals surface area (Å²) >= 11 is 0. The van der Waals surface area contributed by atoms with Crippen molar-refractivity contribution in [3.05, 3.63) is 25.0 Å². The minimum Gasteiger partial charge on any atom is -0.0879 e. The van der Waals surface area contributed by atoms with E-state index in [-0.39, 0.29) is 0 Å². The Morgan fingerprint density at radius 3 is 2.31 bits per heavy atom. The van der Waals surface area contributed by atoms with Crippen molar-refractivity contribution in [3.8, 4) is 0 Å². The van der Waals surface area contributed by atoms with Gasteiger partial charge in [0.2, 0.25) is 0 Å². The average molecular weight is 180 g/mol. The zero-order chi connectivity index (χ0) is 9.94. The summed E-state index contributed by atoms with van der Waals surface area (Å²) in [6.07, 6.45) is 13.3. The third-order valence-corrected chi connectivity index (χ3v) is 2.38. The van der Waals surface area contributed by atoms with Gasteiger partial charge in [0.1, 0.15) is 0 Å². The fourth-order valence-corrected chi connectivity index (χ4v) is 1.35. The van der Waals surface area contributed by atoms with Gasteiger partial charge in [0, 0.05) is 0 Å². The van der Waals surface area contributed by atoms with E-state index in [1.807, 2.05) is 0 Å². The topological polar surface area (TPSA) is 0 Å². The van der Waals surface area contributed by atoms with E-state index < -0.39 is 0 Å². The molecule has 0 saturated carbocycles. The molecular formula is C13H24. The maximum absolute atomic E-state index is 3.84. The van der Waals surface area contributed by atoms with E-state index in [1.54, 1.807) is 5.92 Å². The van der Waals surface area contributed by atoms with Crippen LogP contribution in [0.15, 0.2) is 12.2 Å². The van der Waals surface area contributed by atoms with E-state index in [0.717, 1.165) is 6.42 Å². The molecule has 0 heteroatoms. The van der Waals surface area contributed by atoms with Gasteiger partial charge in [-0.15, -0.1) is 0 Å². The third kappa shape index (κ3) is 8.08. The van der Waals surface area contributed by atoms with Gasteiger partial charge in [-0.05, 0) is 31.6 Å². The molecule has 0 heterocycles. The van der Waals surface area contributed by atoms with Gasteiger partial charge in [-0.1, -0.05) is 52.2 Å². The van der Waals surface area contributed by atoms with Crippen LogP contribution >= 0.6 is 0 Å². The molecule has 0 bridgehead atoms. The van der Waals surface area contributed by atoms with Crippen LogP contribution in [0.5, 0.6) is 0 Å². The summed E-state index contributed by atoms with van der Waals surface area (Å²) in [4.78, 5) is 0. The predicted octanol–water partition coefficient (Wildman–Crippen LogP) is 4.72. The zero-order valence-electron chi connectivity index (χ0n) is 9.31. The molecule has 0 atom stereocenters. The molecule has 2 radical (unpaired) electrons. The second kappa shape index (κ2) is 9.83. The molecule has 0 spiro atoms. The lowest BCUT2D eigenvalue weighted by Gasteiger charge is -2.03. The molecule has 0 aliphatic heterocycles. The van der Waals surface area contributed by atoms with E-state index in [4.69, 9.17) is 0 Å². The van der Waals surface area contributed by atoms with Gasteiger partial charge in [-0.25, -0.2) is 0 Å². The van der Waals surface area contributed by atoms with Crippen molar-refractivity contribution >= 4 is 0 Å². The molecule has 0 aliphatic carbocycles. The lowest BCUT2D eigenvalue weighted by Crippen LogP contribution is -1.87. The Morgan fingerprint density at radius 1 is 1.08 bits per heavy atom. The van der Waals surface area contributed by atoms with Gasteiger partial charge < -0.3 is 0 Å². The normalized spacial score (nSPS) is 11.7. The van der Waals surface area contributed by atoms with Crippen LogP contribution in [0.25, 0.3) is 0 Å². The van der Waals surface area contributed by atoms with Crippen LogP contribution in [-0.4, -0.2) is 0 Å². The van der Waals surface area contributed by atoms with Crippen molar-refractivity contribution in [3.63, 3.8) is 0 Å². The molecule has 76 valence electrons. The van der Waals surface area contributed by atoms with E-state index in [9.17, 15) is 0 Å². The Hall–Kier alpha value is -0.260. The molecule has 0 aliphatic rings. The van der Waals surface area contributed by atoms with Gasteiger partial charge in [0.15, 0.2) is 0 Å². The molecule has 0 aromatic rings. The molecule has 0 amide bonds. The molecular weight excluding hydrogens is 156 g/mol. The summed E-state index contributed by atoms with van der Waals surface area (Å²) < 4.78 is 0. The van der Waals surface area contributed by atoms with Crippen LogP contribution in [0.3, 0.4) is 0 Å². The number of hydrogen-bond donors (Lipinski definition) is 0. The summed E-state index contributed by atoms with van der Waals surface area (Å²) in [5.74, 6) is 1.57. The first kappa shape index (κ1) is 12.7. The molecule has 0 aromatic heterocycles. The van der Waals surface area contributed by atoms with Crippen molar-refractivity contribution in [2.24, 2.45) is 0 Å². The first-order valence-electron chi connectivity index (χ1n) is 5.65. The zero-order valence-corrected chi connectivity index (χ0v) is 9.31. The predicted molar refractivity (Wildman–Crippen MR) is 61.4 cm³/mol. The SMILES string of the molecule is [CH2]CCCCCC=C[C](CC)CC. The lowest BCUT2D eigenvalue weighted by molar-refractivity contribution is 0.694. The van der Waals surface area contributed by atoms with Crippen LogP contribution in [-0.2, 0) is 0 Å². The molecule has 0 N–H and O–H groups in total. The van der Waals surface area contributed by atoms with Crippen molar-refractivity contribution in [1.29, 1.82) is 0 Å². The third-order valence-electron chi connectivity index (χ3n) is 2.38. The lowest BCUT2D eigenvalue weighted by atomic mass is 10.0.